The van der Waals surface area contributed by atoms with Gasteiger partial charge in [0.2, 0.25) is 5.91 Å². The van der Waals surface area contributed by atoms with Gasteiger partial charge in [0.25, 0.3) is 0 Å². The maximum absolute atomic E-state index is 12.2. The van der Waals surface area contributed by atoms with Crippen molar-refractivity contribution in [2.45, 2.75) is 12.8 Å². The van der Waals surface area contributed by atoms with Crippen LogP contribution >= 0.6 is 0 Å². The second kappa shape index (κ2) is 9.72. The first kappa shape index (κ1) is 18.9. The molecule has 144 valence electrons. The number of nitrogens with zero attached hydrogens (tertiary/aromatic N) is 2. The van der Waals surface area contributed by atoms with Crippen LogP contribution < -0.4 is 20.1 Å². The molecule has 0 saturated carbocycles. The van der Waals surface area contributed by atoms with Crippen molar-refractivity contribution in [1.82, 2.24) is 10.2 Å². The Bertz CT molecular complexity index is 715. The Labute approximate surface area is 158 Å². The molecule has 27 heavy (non-hydrogen) atoms. The molecule has 2 heterocycles. The van der Waals surface area contributed by atoms with E-state index in [1.165, 1.54) is 0 Å². The summed E-state index contributed by atoms with van der Waals surface area (Å²) < 4.78 is 16.0. The zero-order valence-corrected chi connectivity index (χ0v) is 15.3. The predicted molar refractivity (Wildman–Crippen MR) is 101 cm³/mol. The quantitative estimate of drug-likeness (QED) is 0.687. The van der Waals surface area contributed by atoms with Gasteiger partial charge in [-0.05, 0) is 49.2 Å². The van der Waals surface area contributed by atoms with E-state index in [1.807, 2.05) is 24.3 Å². The molecule has 1 aromatic carbocycles. The molecule has 2 aromatic rings. The Hall–Kier alpha value is -2.87. The van der Waals surface area contributed by atoms with Crippen LogP contribution in [0.15, 0.2) is 36.4 Å². The van der Waals surface area contributed by atoms with Crippen LogP contribution in [0.1, 0.15) is 12.8 Å². The smallest absolute Gasteiger partial charge is 0.228 e. The number of nitrogens with one attached hydrogen (secondary N) is 2. The van der Waals surface area contributed by atoms with E-state index in [4.69, 9.17) is 14.2 Å². The van der Waals surface area contributed by atoms with Gasteiger partial charge in [0, 0.05) is 19.1 Å². The summed E-state index contributed by atoms with van der Waals surface area (Å²) in [6, 6.07) is 10.9. The summed E-state index contributed by atoms with van der Waals surface area (Å²) in [5.41, 5.74) is 0. The SMILES string of the molecule is COc1ccc(OCCNc2ccc(NC(=O)C3CCOCC3)nn2)cc1. The number of carbonyl (C=O) groups is 1. The predicted octanol–water partition coefficient (Wildman–Crippen LogP) is 2.34. The maximum atomic E-state index is 12.2. The van der Waals surface area contributed by atoms with Gasteiger partial charge >= 0.3 is 0 Å². The summed E-state index contributed by atoms with van der Waals surface area (Å²) in [5.74, 6) is 2.59. The molecule has 0 spiro atoms. The largest absolute Gasteiger partial charge is 0.497 e. The molecular weight excluding hydrogens is 348 g/mol. The van der Waals surface area contributed by atoms with Crippen molar-refractivity contribution in [2.75, 3.05) is 44.1 Å². The summed E-state index contributed by atoms with van der Waals surface area (Å²) in [5, 5.41) is 14.0. The van der Waals surface area contributed by atoms with Gasteiger partial charge in [-0.3, -0.25) is 4.79 Å². The highest BCUT2D eigenvalue weighted by Crippen LogP contribution is 2.18. The van der Waals surface area contributed by atoms with E-state index in [2.05, 4.69) is 20.8 Å². The van der Waals surface area contributed by atoms with E-state index < -0.39 is 0 Å². The Morgan fingerprint density at radius 2 is 1.74 bits per heavy atom. The normalized spacial score (nSPS) is 14.4. The average molecular weight is 372 g/mol. The van der Waals surface area contributed by atoms with Crippen LogP contribution in [-0.4, -0.2) is 49.6 Å². The van der Waals surface area contributed by atoms with Crippen molar-refractivity contribution < 1.29 is 19.0 Å². The first-order valence-corrected chi connectivity index (χ1v) is 8.97. The molecule has 0 atom stereocenters. The molecule has 0 bridgehead atoms. The topological polar surface area (TPSA) is 94.6 Å². The van der Waals surface area contributed by atoms with Gasteiger partial charge in [0.15, 0.2) is 5.82 Å². The fourth-order valence-electron chi connectivity index (χ4n) is 2.70. The molecule has 0 aliphatic carbocycles. The minimum atomic E-state index is -0.0267. The summed E-state index contributed by atoms with van der Waals surface area (Å²) in [4.78, 5) is 12.2. The number of ether oxygens (including phenoxy) is 3. The number of carbonyl (C=O) groups excluding carboxylic acids is 1. The number of aromatic nitrogens is 2. The van der Waals surface area contributed by atoms with Crippen LogP contribution in [0.25, 0.3) is 0 Å². The molecule has 1 aliphatic rings. The fourth-order valence-corrected chi connectivity index (χ4v) is 2.70. The van der Waals surface area contributed by atoms with E-state index >= 15 is 0 Å². The van der Waals surface area contributed by atoms with Gasteiger partial charge in [-0.15, -0.1) is 10.2 Å². The molecule has 0 radical (unpaired) electrons. The summed E-state index contributed by atoms with van der Waals surface area (Å²) in [6.07, 6.45) is 1.49. The third kappa shape index (κ3) is 5.82. The van der Waals surface area contributed by atoms with Crippen molar-refractivity contribution in [3.8, 4) is 11.5 Å². The third-order valence-electron chi connectivity index (χ3n) is 4.24. The maximum Gasteiger partial charge on any atom is 0.228 e. The lowest BCUT2D eigenvalue weighted by atomic mass is 9.99. The molecule has 8 heteroatoms. The number of rotatable bonds is 8. The summed E-state index contributed by atoms with van der Waals surface area (Å²) >= 11 is 0. The monoisotopic (exact) mass is 372 g/mol. The Morgan fingerprint density at radius 3 is 2.41 bits per heavy atom. The highest BCUT2D eigenvalue weighted by Gasteiger charge is 2.21. The van der Waals surface area contributed by atoms with E-state index in [9.17, 15) is 4.79 Å². The average Bonchev–Trinajstić information content (AvgIpc) is 2.73. The fraction of sp³-hybridized carbons (Fsp3) is 0.421. The molecule has 1 fully saturated rings. The molecule has 8 nitrogen and oxygen atoms in total. The number of hydrogen-bond donors (Lipinski definition) is 2. The summed E-state index contributed by atoms with van der Waals surface area (Å²) in [6.45, 7) is 2.32. The molecule has 1 aliphatic heterocycles. The molecule has 0 unspecified atom stereocenters. The van der Waals surface area contributed by atoms with Crippen LogP contribution in [0.4, 0.5) is 11.6 Å². The van der Waals surface area contributed by atoms with Crippen LogP contribution in [0.2, 0.25) is 0 Å². The van der Waals surface area contributed by atoms with Crippen molar-refractivity contribution in [3.05, 3.63) is 36.4 Å². The third-order valence-corrected chi connectivity index (χ3v) is 4.24. The van der Waals surface area contributed by atoms with E-state index in [0.29, 0.717) is 38.0 Å². The number of benzene rings is 1. The van der Waals surface area contributed by atoms with Gasteiger partial charge in [-0.25, -0.2) is 0 Å². The van der Waals surface area contributed by atoms with Crippen molar-refractivity contribution in [1.29, 1.82) is 0 Å². The first-order valence-electron chi connectivity index (χ1n) is 8.97. The van der Waals surface area contributed by atoms with Gasteiger partial charge in [0.05, 0.1) is 13.7 Å². The van der Waals surface area contributed by atoms with Crippen molar-refractivity contribution in [3.63, 3.8) is 0 Å². The second-order valence-corrected chi connectivity index (χ2v) is 6.13. The molecule has 3 rings (SSSR count). The van der Waals surface area contributed by atoms with E-state index in [0.717, 1.165) is 24.3 Å². The molecule has 1 aromatic heterocycles. The van der Waals surface area contributed by atoms with Crippen molar-refractivity contribution >= 4 is 17.5 Å². The first-order chi connectivity index (χ1) is 13.2. The van der Waals surface area contributed by atoms with E-state index in [1.54, 1.807) is 19.2 Å². The highest BCUT2D eigenvalue weighted by atomic mass is 16.5. The van der Waals surface area contributed by atoms with Gasteiger partial charge in [-0.1, -0.05) is 0 Å². The number of methoxy groups -OCH3 is 1. The Balaban J connectivity index is 1.38. The standard InChI is InChI=1S/C19H24N4O4/c1-25-15-2-4-16(5-3-15)27-13-10-20-17-6-7-18(23-22-17)21-19(24)14-8-11-26-12-9-14/h2-7,14H,8-13H2,1H3,(H,20,22)(H,21,23,24). The lowest BCUT2D eigenvalue weighted by Crippen LogP contribution is -2.28. The summed E-state index contributed by atoms with van der Waals surface area (Å²) in [7, 11) is 1.63. The molecule has 1 saturated heterocycles. The number of amides is 1. The zero-order valence-electron chi connectivity index (χ0n) is 15.3. The van der Waals surface area contributed by atoms with Crippen LogP contribution in [-0.2, 0) is 9.53 Å². The Morgan fingerprint density at radius 1 is 1.07 bits per heavy atom. The number of hydrogen-bond acceptors (Lipinski definition) is 7. The van der Waals surface area contributed by atoms with Crippen molar-refractivity contribution in [2.24, 2.45) is 5.92 Å². The van der Waals surface area contributed by atoms with Gasteiger partial charge < -0.3 is 24.8 Å². The molecular formula is C19H24N4O4. The second-order valence-electron chi connectivity index (χ2n) is 6.13. The van der Waals surface area contributed by atoms with Crippen LogP contribution in [0.5, 0.6) is 11.5 Å². The number of anilines is 2. The zero-order chi connectivity index (χ0) is 18.9. The molecule has 1 amide bonds. The van der Waals surface area contributed by atoms with Crippen LogP contribution in [0, 0.1) is 5.92 Å². The Kier molecular flexibility index (Phi) is 6.81. The highest BCUT2D eigenvalue weighted by molar-refractivity contribution is 5.91. The van der Waals surface area contributed by atoms with Gasteiger partial charge in [-0.2, -0.15) is 0 Å². The minimum absolute atomic E-state index is 0.0199. The van der Waals surface area contributed by atoms with Gasteiger partial charge in [0.1, 0.15) is 23.9 Å². The lowest BCUT2D eigenvalue weighted by molar-refractivity contribution is -0.122. The van der Waals surface area contributed by atoms with E-state index in [-0.39, 0.29) is 11.8 Å². The lowest BCUT2D eigenvalue weighted by Gasteiger charge is -2.20. The molecule has 2 N–H and O–H groups in total. The minimum Gasteiger partial charge on any atom is -0.497 e. The van der Waals surface area contributed by atoms with Crippen LogP contribution in [0.3, 0.4) is 0 Å².